The maximum Gasteiger partial charge on any atom is 0.309 e. The van der Waals surface area contributed by atoms with E-state index < -0.39 is 9.84 Å². The van der Waals surface area contributed by atoms with Crippen LogP contribution in [0, 0.1) is 0 Å². The van der Waals surface area contributed by atoms with Gasteiger partial charge >= 0.3 is 5.97 Å². The molecule has 17 heavy (non-hydrogen) atoms. The summed E-state index contributed by atoms with van der Waals surface area (Å²) < 4.78 is 26.8. The average Bonchev–Trinajstić information content (AvgIpc) is 2.31. The smallest absolute Gasteiger partial charge is 0.309 e. The van der Waals surface area contributed by atoms with Gasteiger partial charge in [0, 0.05) is 6.26 Å². The lowest BCUT2D eigenvalue weighted by atomic mass is 10.2. The Balaban J connectivity index is 0.00000121. The maximum absolute atomic E-state index is 11.1. The van der Waals surface area contributed by atoms with E-state index in [4.69, 9.17) is 0 Å². The van der Waals surface area contributed by atoms with Crippen LogP contribution in [-0.4, -0.2) is 27.8 Å². The summed E-state index contributed by atoms with van der Waals surface area (Å²) in [5.41, 5.74) is 0.731. The molecule has 0 atom stereocenters. The van der Waals surface area contributed by atoms with Gasteiger partial charge in [0.1, 0.15) is 0 Å². The lowest BCUT2D eigenvalue weighted by molar-refractivity contribution is -0.139. The summed E-state index contributed by atoms with van der Waals surface area (Å²) in [5.74, 6) is -0.345. The highest BCUT2D eigenvalue weighted by atomic mass is 32.2. The molecule has 0 radical (unpaired) electrons. The third kappa shape index (κ3) is 5.49. The number of rotatable bonds is 3. The molecule has 0 aromatic heterocycles. The number of hydrogen-bond acceptors (Lipinski definition) is 4. The van der Waals surface area contributed by atoms with Crippen LogP contribution in [0.2, 0.25) is 0 Å². The van der Waals surface area contributed by atoms with Crippen molar-refractivity contribution in [1.82, 2.24) is 0 Å². The Morgan fingerprint density at radius 3 is 2.00 bits per heavy atom. The van der Waals surface area contributed by atoms with E-state index >= 15 is 0 Å². The molecule has 0 fully saturated rings. The van der Waals surface area contributed by atoms with Crippen LogP contribution in [0.15, 0.2) is 29.2 Å². The normalized spacial score (nSPS) is 10.1. The summed E-state index contributed by atoms with van der Waals surface area (Å²) in [4.78, 5) is 11.2. The predicted molar refractivity (Wildman–Crippen MR) is 66.6 cm³/mol. The third-order valence-electron chi connectivity index (χ3n) is 1.93. The van der Waals surface area contributed by atoms with E-state index in [0.29, 0.717) is 0 Å². The van der Waals surface area contributed by atoms with Crippen molar-refractivity contribution in [2.24, 2.45) is 0 Å². The molecule has 0 saturated carbocycles. The first-order valence-corrected chi connectivity index (χ1v) is 7.18. The number of hydrogen-bond donors (Lipinski definition) is 0. The van der Waals surface area contributed by atoms with E-state index in [-0.39, 0.29) is 17.3 Å². The van der Waals surface area contributed by atoms with Gasteiger partial charge in [-0.2, -0.15) is 0 Å². The Morgan fingerprint density at radius 1 is 1.18 bits per heavy atom. The van der Waals surface area contributed by atoms with Crippen molar-refractivity contribution in [2.45, 2.75) is 25.2 Å². The van der Waals surface area contributed by atoms with Gasteiger partial charge in [0.15, 0.2) is 9.84 Å². The van der Waals surface area contributed by atoms with Crippen molar-refractivity contribution in [3.05, 3.63) is 29.8 Å². The number of carbonyl (C=O) groups is 1. The molecule has 0 aliphatic carbocycles. The maximum atomic E-state index is 11.1. The van der Waals surface area contributed by atoms with Crippen molar-refractivity contribution in [3.63, 3.8) is 0 Å². The number of esters is 1. The molecule has 0 saturated heterocycles. The van der Waals surface area contributed by atoms with Gasteiger partial charge in [-0.15, -0.1) is 0 Å². The van der Waals surface area contributed by atoms with E-state index in [2.05, 4.69) is 4.74 Å². The highest BCUT2D eigenvalue weighted by Crippen LogP contribution is 2.10. The second kappa shape index (κ2) is 7.06. The minimum absolute atomic E-state index is 0.153. The minimum Gasteiger partial charge on any atom is -0.469 e. The summed E-state index contributed by atoms with van der Waals surface area (Å²) in [7, 11) is -1.86. The predicted octanol–water partition coefficient (Wildman–Crippen LogP) is 1.83. The van der Waals surface area contributed by atoms with Crippen LogP contribution in [0.4, 0.5) is 0 Å². The summed E-state index contributed by atoms with van der Waals surface area (Å²) >= 11 is 0. The van der Waals surface area contributed by atoms with Crippen molar-refractivity contribution in [3.8, 4) is 0 Å². The number of methoxy groups -OCH3 is 1. The third-order valence-corrected chi connectivity index (χ3v) is 3.06. The highest BCUT2D eigenvalue weighted by Gasteiger charge is 2.07. The van der Waals surface area contributed by atoms with Crippen molar-refractivity contribution in [2.75, 3.05) is 13.4 Å². The Morgan fingerprint density at radius 2 is 1.65 bits per heavy atom. The Bertz CT molecular complexity index is 446. The Labute approximate surface area is 103 Å². The molecule has 1 aromatic carbocycles. The van der Waals surface area contributed by atoms with Gasteiger partial charge in [-0.1, -0.05) is 26.0 Å². The molecule has 0 bridgehead atoms. The zero-order chi connectivity index (χ0) is 13.5. The van der Waals surface area contributed by atoms with E-state index in [1.807, 2.05) is 13.8 Å². The first-order chi connectivity index (χ1) is 7.93. The quantitative estimate of drug-likeness (QED) is 0.776. The molecular weight excluding hydrogens is 240 g/mol. The summed E-state index contributed by atoms with van der Waals surface area (Å²) in [6.07, 6.45) is 1.29. The Kier molecular flexibility index (Phi) is 6.50. The number of ether oxygens (including phenoxy) is 1. The summed E-state index contributed by atoms with van der Waals surface area (Å²) in [6, 6.07) is 6.17. The first kappa shape index (κ1) is 15.6. The van der Waals surface area contributed by atoms with Crippen LogP contribution in [0.5, 0.6) is 0 Å². The van der Waals surface area contributed by atoms with Gasteiger partial charge < -0.3 is 4.74 Å². The van der Waals surface area contributed by atoms with E-state index in [1.54, 1.807) is 12.1 Å². The standard InChI is InChI=1S/C10H12O4S.C2H6/c1-14-10(11)7-8-3-5-9(6-4-8)15(2,12)13;1-2/h3-6H,7H2,1-2H3;1-2H3. The van der Waals surface area contributed by atoms with E-state index in [9.17, 15) is 13.2 Å². The van der Waals surface area contributed by atoms with Crippen molar-refractivity contribution >= 4 is 15.8 Å². The van der Waals surface area contributed by atoms with Gasteiger partial charge in [-0.05, 0) is 17.7 Å². The molecule has 0 aliphatic rings. The van der Waals surface area contributed by atoms with Crippen LogP contribution in [0.25, 0.3) is 0 Å². The molecule has 1 aromatic rings. The molecule has 0 spiro atoms. The summed E-state index contributed by atoms with van der Waals surface area (Å²) in [5, 5.41) is 0. The fourth-order valence-electron chi connectivity index (χ4n) is 1.09. The van der Waals surface area contributed by atoms with Gasteiger partial charge in [0.2, 0.25) is 0 Å². The molecule has 5 heteroatoms. The minimum atomic E-state index is -3.17. The van der Waals surface area contributed by atoms with Crippen LogP contribution in [-0.2, 0) is 25.8 Å². The van der Waals surface area contributed by atoms with Gasteiger partial charge in [-0.3, -0.25) is 4.79 Å². The molecule has 0 heterocycles. The zero-order valence-corrected chi connectivity index (χ0v) is 11.4. The molecule has 0 amide bonds. The monoisotopic (exact) mass is 258 g/mol. The highest BCUT2D eigenvalue weighted by molar-refractivity contribution is 7.90. The van der Waals surface area contributed by atoms with Crippen LogP contribution < -0.4 is 0 Å². The van der Waals surface area contributed by atoms with Gasteiger partial charge in [0.05, 0.1) is 18.4 Å². The lowest BCUT2D eigenvalue weighted by Crippen LogP contribution is -2.04. The molecule has 96 valence electrons. The topological polar surface area (TPSA) is 60.4 Å². The number of carbonyl (C=O) groups excluding carboxylic acids is 1. The van der Waals surface area contributed by atoms with Crippen LogP contribution >= 0.6 is 0 Å². The Hall–Kier alpha value is -1.36. The molecule has 1 rings (SSSR count). The van der Waals surface area contributed by atoms with Crippen LogP contribution in [0.3, 0.4) is 0 Å². The van der Waals surface area contributed by atoms with Crippen molar-refractivity contribution in [1.29, 1.82) is 0 Å². The summed E-state index contributed by atoms with van der Waals surface area (Å²) in [6.45, 7) is 4.00. The number of benzene rings is 1. The lowest BCUT2D eigenvalue weighted by Gasteiger charge is -2.01. The van der Waals surface area contributed by atoms with Crippen LogP contribution in [0.1, 0.15) is 19.4 Å². The van der Waals surface area contributed by atoms with Gasteiger partial charge in [0.25, 0.3) is 0 Å². The fraction of sp³-hybridized carbons (Fsp3) is 0.417. The second-order valence-electron chi connectivity index (χ2n) is 3.17. The average molecular weight is 258 g/mol. The molecular formula is C12H18O4S. The number of sulfone groups is 1. The molecule has 4 nitrogen and oxygen atoms in total. The van der Waals surface area contributed by atoms with Gasteiger partial charge in [-0.25, -0.2) is 8.42 Å². The first-order valence-electron chi connectivity index (χ1n) is 5.29. The van der Waals surface area contributed by atoms with E-state index in [1.165, 1.54) is 19.2 Å². The van der Waals surface area contributed by atoms with E-state index in [0.717, 1.165) is 11.8 Å². The molecule has 0 N–H and O–H groups in total. The molecule has 0 unspecified atom stereocenters. The second-order valence-corrected chi connectivity index (χ2v) is 5.18. The fourth-order valence-corrected chi connectivity index (χ4v) is 1.72. The largest absolute Gasteiger partial charge is 0.469 e. The van der Waals surface area contributed by atoms with Crippen molar-refractivity contribution < 1.29 is 17.9 Å². The SMILES string of the molecule is CC.COC(=O)Cc1ccc(S(C)(=O)=O)cc1. The zero-order valence-electron chi connectivity index (χ0n) is 10.6. The molecule has 0 aliphatic heterocycles.